The van der Waals surface area contributed by atoms with Crippen molar-refractivity contribution >= 4 is 17.1 Å². The Morgan fingerprint density at radius 2 is 1.41 bits per heavy atom. The molecule has 41 heavy (non-hydrogen) atoms. The van der Waals surface area contributed by atoms with Gasteiger partial charge in [-0.05, 0) is 70.7 Å². The molecule has 0 radical (unpaired) electrons. The van der Waals surface area contributed by atoms with E-state index in [1.165, 1.54) is 12.1 Å². The van der Waals surface area contributed by atoms with E-state index in [0.29, 0.717) is 40.6 Å². The highest BCUT2D eigenvalue weighted by atomic mass is 19.1. The van der Waals surface area contributed by atoms with Crippen molar-refractivity contribution in [2.45, 2.75) is 59.6 Å². The molecule has 0 saturated carbocycles. The number of nitro benzene ring substituents is 2. The van der Waals surface area contributed by atoms with Crippen LogP contribution in [-0.4, -0.2) is 38.9 Å². The quantitative estimate of drug-likeness (QED) is 0.193. The largest absolute Gasteiger partial charge is 0.378 e. The van der Waals surface area contributed by atoms with E-state index >= 15 is 0 Å². The summed E-state index contributed by atoms with van der Waals surface area (Å²) in [5.74, 6) is 0.342. The summed E-state index contributed by atoms with van der Waals surface area (Å²) < 4.78 is 28.8. The minimum absolute atomic E-state index is 0.0617. The predicted molar refractivity (Wildman–Crippen MR) is 148 cm³/mol. The van der Waals surface area contributed by atoms with Gasteiger partial charge >= 0.3 is 5.69 Å². The van der Waals surface area contributed by atoms with Gasteiger partial charge in [0.25, 0.3) is 5.69 Å². The standard InChI is InChI=1S/C17H21N3O4.C11H9FN2O3/c1-10-8-14(6-7-23-10)18-15-5-4-13(9-16(15)20(21)22)17-11(2)19-24-12(17)3;1-6-11(7(2)17-13-6)8-3-4-9(12)10(5-8)14(15)16/h4-5,9-10,14,18H,6-8H2,1-3H3;3-5H,1-2H3. The summed E-state index contributed by atoms with van der Waals surface area (Å²) in [4.78, 5) is 21.1. The number of benzene rings is 2. The molecule has 0 spiro atoms. The summed E-state index contributed by atoms with van der Waals surface area (Å²) in [7, 11) is 0. The molecule has 1 aliphatic rings. The maximum Gasteiger partial charge on any atom is 0.305 e. The number of nitro groups is 2. The van der Waals surface area contributed by atoms with Crippen LogP contribution in [0.5, 0.6) is 0 Å². The molecule has 13 heteroatoms. The van der Waals surface area contributed by atoms with Gasteiger partial charge in [0, 0.05) is 35.9 Å². The van der Waals surface area contributed by atoms with Crippen molar-refractivity contribution in [3.05, 3.63) is 85.4 Å². The van der Waals surface area contributed by atoms with Gasteiger partial charge in [0.05, 0.1) is 27.3 Å². The smallest absolute Gasteiger partial charge is 0.305 e. The average Bonchev–Trinajstić information content (AvgIpc) is 3.44. The van der Waals surface area contributed by atoms with Crippen LogP contribution in [0.2, 0.25) is 0 Å². The lowest BCUT2D eigenvalue weighted by atomic mass is 10.0. The van der Waals surface area contributed by atoms with Crippen LogP contribution in [0.15, 0.2) is 45.4 Å². The lowest BCUT2D eigenvalue weighted by molar-refractivity contribution is -0.387. The van der Waals surface area contributed by atoms with E-state index < -0.39 is 16.4 Å². The number of hydrogen-bond acceptors (Lipinski definition) is 10. The molecule has 2 atom stereocenters. The fraction of sp³-hybridized carbons (Fsp3) is 0.357. The Labute approximate surface area is 234 Å². The van der Waals surface area contributed by atoms with E-state index in [1.807, 2.05) is 19.9 Å². The Morgan fingerprint density at radius 1 is 0.878 bits per heavy atom. The number of ether oxygens (including phenoxy) is 1. The molecule has 1 aliphatic heterocycles. The first-order valence-corrected chi connectivity index (χ1v) is 12.9. The molecular weight excluding hydrogens is 537 g/mol. The molecule has 0 bridgehead atoms. The second kappa shape index (κ2) is 12.3. The first-order valence-electron chi connectivity index (χ1n) is 12.9. The van der Waals surface area contributed by atoms with Gasteiger partial charge in [-0.2, -0.15) is 4.39 Å². The maximum atomic E-state index is 13.2. The van der Waals surface area contributed by atoms with Gasteiger partial charge in [-0.15, -0.1) is 0 Å². The van der Waals surface area contributed by atoms with Gasteiger partial charge in [-0.3, -0.25) is 20.2 Å². The average molecular weight is 568 g/mol. The monoisotopic (exact) mass is 567 g/mol. The molecule has 216 valence electrons. The summed E-state index contributed by atoms with van der Waals surface area (Å²) in [5, 5.41) is 33.1. The van der Waals surface area contributed by atoms with Crippen molar-refractivity contribution in [1.82, 2.24) is 10.3 Å². The SMILES string of the molecule is Cc1noc(C)c1-c1ccc(F)c([N+](=O)[O-])c1.Cc1noc(C)c1-c1ccc(NC2CCOC(C)C2)c([N+](=O)[O-])c1. The van der Waals surface area contributed by atoms with E-state index in [0.717, 1.165) is 35.7 Å². The highest BCUT2D eigenvalue weighted by Crippen LogP contribution is 2.35. The second-order valence-electron chi connectivity index (χ2n) is 9.86. The highest BCUT2D eigenvalue weighted by Gasteiger charge is 2.24. The van der Waals surface area contributed by atoms with E-state index in [2.05, 4.69) is 15.6 Å². The van der Waals surface area contributed by atoms with Crippen LogP contribution < -0.4 is 5.32 Å². The van der Waals surface area contributed by atoms with Gasteiger partial charge in [-0.1, -0.05) is 22.4 Å². The number of anilines is 1. The van der Waals surface area contributed by atoms with Crippen molar-refractivity contribution in [3.8, 4) is 22.3 Å². The molecular formula is C28H30FN5O7. The third kappa shape index (κ3) is 6.57. The predicted octanol–water partition coefficient (Wildman–Crippen LogP) is 6.85. The van der Waals surface area contributed by atoms with Crippen molar-refractivity contribution in [3.63, 3.8) is 0 Å². The molecule has 3 heterocycles. The van der Waals surface area contributed by atoms with E-state index in [4.69, 9.17) is 13.8 Å². The first-order chi connectivity index (χ1) is 19.5. The summed E-state index contributed by atoms with van der Waals surface area (Å²) in [6, 6.07) is 9.11. The molecule has 12 nitrogen and oxygen atoms in total. The Hall–Kier alpha value is -4.65. The molecule has 2 aromatic carbocycles. The summed E-state index contributed by atoms with van der Waals surface area (Å²) in [6.45, 7) is 9.74. The fourth-order valence-corrected chi connectivity index (χ4v) is 4.91. The van der Waals surface area contributed by atoms with Gasteiger partial charge in [0.1, 0.15) is 17.2 Å². The van der Waals surface area contributed by atoms with Crippen LogP contribution in [0, 0.1) is 53.7 Å². The Morgan fingerprint density at radius 3 is 1.90 bits per heavy atom. The van der Waals surface area contributed by atoms with Crippen LogP contribution in [0.4, 0.5) is 21.5 Å². The molecule has 2 unspecified atom stereocenters. The maximum absolute atomic E-state index is 13.2. The second-order valence-corrected chi connectivity index (χ2v) is 9.86. The number of aryl methyl sites for hydroxylation is 4. The first kappa shape index (κ1) is 29.3. The van der Waals surface area contributed by atoms with Crippen LogP contribution in [0.1, 0.15) is 42.7 Å². The lowest BCUT2D eigenvalue weighted by Crippen LogP contribution is -2.32. The van der Waals surface area contributed by atoms with E-state index in [1.54, 1.807) is 32.9 Å². The van der Waals surface area contributed by atoms with E-state index in [-0.39, 0.29) is 22.8 Å². The van der Waals surface area contributed by atoms with Gasteiger partial charge in [-0.25, -0.2) is 0 Å². The minimum Gasteiger partial charge on any atom is -0.378 e. The zero-order valence-corrected chi connectivity index (χ0v) is 23.3. The molecule has 4 aromatic rings. The molecule has 0 aliphatic carbocycles. The van der Waals surface area contributed by atoms with E-state index in [9.17, 15) is 24.6 Å². The van der Waals surface area contributed by atoms with Crippen molar-refractivity contribution < 1.29 is 28.0 Å². The zero-order valence-electron chi connectivity index (χ0n) is 23.3. The van der Waals surface area contributed by atoms with Gasteiger partial charge in [0.2, 0.25) is 5.82 Å². The topological polar surface area (TPSA) is 160 Å². The number of rotatable bonds is 6. The molecule has 0 amide bonds. The van der Waals surface area contributed by atoms with Crippen LogP contribution in [-0.2, 0) is 4.74 Å². The molecule has 1 fully saturated rings. The number of nitrogens with zero attached hydrogens (tertiary/aromatic N) is 4. The van der Waals surface area contributed by atoms with Crippen LogP contribution in [0.25, 0.3) is 22.3 Å². The van der Waals surface area contributed by atoms with Gasteiger partial charge < -0.3 is 19.1 Å². The molecule has 2 aromatic heterocycles. The Bertz CT molecular complexity index is 1540. The summed E-state index contributed by atoms with van der Waals surface area (Å²) >= 11 is 0. The summed E-state index contributed by atoms with van der Waals surface area (Å²) in [5.41, 5.74) is 4.11. The van der Waals surface area contributed by atoms with Gasteiger partial charge in [0.15, 0.2) is 0 Å². The zero-order chi connectivity index (χ0) is 29.8. The molecule has 1 saturated heterocycles. The number of hydrogen-bond donors (Lipinski definition) is 1. The third-order valence-electron chi connectivity index (χ3n) is 6.83. The normalized spacial score (nSPS) is 16.5. The highest BCUT2D eigenvalue weighted by molar-refractivity contribution is 5.75. The minimum atomic E-state index is -0.856. The third-order valence-corrected chi connectivity index (χ3v) is 6.83. The Kier molecular flexibility index (Phi) is 8.77. The van der Waals surface area contributed by atoms with Crippen molar-refractivity contribution in [2.24, 2.45) is 0 Å². The lowest BCUT2D eigenvalue weighted by Gasteiger charge is -2.28. The number of nitrogens with one attached hydrogen (secondary N) is 1. The molecule has 1 N–H and O–H groups in total. The number of halogens is 1. The Balaban J connectivity index is 0.000000201. The summed E-state index contributed by atoms with van der Waals surface area (Å²) in [6.07, 6.45) is 1.84. The van der Waals surface area contributed by atoms with Crippen LogP contribution >= 0.6 is 0 Å². The van der Waals surface area contributed by atoms with Crippen LogP contribution in [0.3, 0.4) is 0 Å². The fourth-order valence-electron chi connectivity index (χ4n) is 4.91. The number of aromatic nitrogens is 2. The molecule has 5 rings (SSSR count). The van der Waals surface area contributed by atoms with Crippen molar-refractivity contribution in [1.29, 1.82) is 0 Å². The van der Waals surface area contributed by atoms with Crippen molar-refractivity contribution in [2.75, 3.05) is 11.9 Å².